The van der Waals surface area contributed by atoms with Crippen molar-refractivity contribution >= 4 is 33.4 Å². The molecule has 2 amide bonds. The van der Waals surface area contributed by atoms with Crippen molar-refractivity contribution in [1.29, 1.82) is 0 Å². The Morgan fingerprint density at radius 2 is 1.94 bits per heavy atom. The number of hydrogen-bond acceptors (Lipinski definition) is 5. The lowest BCUT2D eigenvalue weighted by Gasteiger charge is -2.54. The maximum absolute atomic E-state index is 12.9. The Morgan fingerprint density at radius 1 is 1.09 bits per heavy atom. The fraction of sp³-hybridized carbons (Fsp3) is 0.654. The third-order valence-electron chi connectivity index (χ3n) is 8.43. The molecular formula is C26H34N4O2S. The number of piperidine rings is 4. The van der Waals surface area contributed by atoms with Crippen LogP contribution in [0.1, 0.15) is 50.0 Å². The summed E-state index contributed by atoms with van der Waals surface area (Å²) in [7, 11) is 0. The second-order valence-electron chi connectivity index (χ2n) is 10.5. The summed E-state index contributed by atoms with van der Waals surface area (Å²) in [5.74, 6) is 1.96. The summed E-state index contributed by atoms with van der Waals surface area (Å²) in [4.78, 5) is 37.0. The lowest BCUT2D eigenvalue weighted by Crippen LogP contribution is -2.62. The molecule has 2 aromatic rings. The fourth-order valence-corrected chi connectivity index (χ4v) is 7.79. The topological polar surface area (TPSA) is 56.8 Å². The van der Waals surface area contributed by atoms with Gasteiger partial charge in [-0.15, -0.1) is 11.3 Å². The van der Waals surface area contributed by atoms with Gasteiger partial charge in [-0.2, -0.15) is 0 Å². The average molecular weight is 467 g/mol. The van der Waals surface area contributed by atoms with Crippen LogP contribution in [-0.2, 0) is 16.0 Å². The van der Waals surface area contributed by atoms with Crippen LogP contribution >= 0.6 is 11.3 Å². The van der Waals surface area contributed by atoms with Crippen molar-refractivity contribution in [3.05, 3.63) is 29.3 Å². The van der Waals surface area contributed by atoms with E-state index in [4.69, 9.17) is 0 Å². The third-order valence-corrected chi connectivity index (χ3v) is 9.53. The zero-order valence-electron chi connectivity index (χ0n) is 19.3. The number of rotatable bonds is 4. The average Bonchev–Trinajstić information content (AvgIpc) is 3.26. The van der Waals surface area contributed by atoms with E-state index in [0.717, 1.165) is 75.4 Å². The van der Waals surface area contributed by atoms with Gasteiger partial charge in [-0.1, -0.05) is 12.1 Å². The summed E-state index contributed by atoms with van der Waals surface area (Å²) in [6.45, 7) is 5.00. The summed E-state index contributed by atoms with van der Waals surface area (Å²) in [5, 5.41) is 1.06. The van der Waals surface area contributed by atoms with E-state index < -0.39 is 0 Å². The SMILES string of the molecule is O=C(CCc1nc2ccccc2s1)N1CCC(N2C[C@H]3C[C@H](C2)[C@H]2CCCC(=O)N2C3)CC1. The molecule has 176 valence electrons. The fourth-order valence-electron chi connectivity index (χ4n) is 6.83. The highest BCUT2D eigenvalue weighted by atomic mass is 32.1. The monoisotopic (exact) mass is 466 g/mol. The Hall–Kier alpha value is -1.99. The Morgan fingerprint density at radius 3 is 2.79 bits per heavy atom. The molecule has 0 spiro atoms. The number of amides is 2. The molecule has 0 aliphatic carbocycles. The van der Waals surface area contributed by atoms with Crippen molar-refractivity contribution in [2.24, 2.45) is 11.8 Å². The first-order valence-electron chi connectivity index (χ1n) is 12.8. The normalized spacial score (nSPS) is 28.8. The highest BCUT2D eigenvalue weighted by Crippen LogP contribution is 2.39. The second-order valence-corrected chi connectivity index (χ2v) is 11.6. The van der Waals surface area contributed by atoms with Crippen LogP contribution < -0.4 is 0 Å². The molecule has 1 aromatic heterocycles. The summed E-state index contributed by atoms with van der Waals surface area (Å²) >= 11 is 1.71. The molecular weight excluding hydrogens is 432 g/mol. The number of aryl methyl sites for hydroxylation is 1. The van der Waals surface area contributed by atoms with Gasteiger partial charge in [0.25, 0.3) is 0 Å². The molecule has 1 aromatic carbocycles. The van der Waals surface area contributed by atoms with E-state index in [1.54, 1.807) is 11.3 Å². The van der Waals surface area contributed by atoms with Gasteiger partial charge in [0.1, 0.15) is 0 Å². The zero-order chi connectivity index (χ0) is 22.4. The number of hydrogen-bond donors (Lipinski definition) is 0. The van der Waals surface area contributed by atoms with E-state index in [1.165, 1.54) is 17.5 Å². The number of para-hydroxylation sites is 1. The molecule has 6 rings (SSSR count). The molecule has 4 aliphatic rings. The standard InChI is InChI=1S/C26H34N4O2S/c31-25(9-8-24-27-21-4-1-2-6-23(21)33-24)28-12-10-20(11-13-28)29-15-18-14-19(17-29)22-5-3-7-26(32)30(22)16-18/h1-2,4,6,18-20,22H,3,5,7-17H2/t18-,19-,22-/m1/s1. The summed E-state index contributed by atoms with van der Waals surface area (Å²) in [6, 6.07) is 9.27. The Bertz CT molecular complexity index is 997. The summed E-state index contributed by atoms with van der Waals surface area (Å²) < 4.78 is 1.20. The van der Waals surface area contributed by atoms with E-state index in [-0.39, 0.29) is 5.91 Å². The van der Waals surface area contributed by atoms with E-state index in [1.807, 2.05) is 18.2 Å². The van der Waals surface area contributed by atoms with Gasteiger partial charge in [0, 0.05) is 64.1 Å². The van der Waals surface area contributed by atoms with Crippen LogP contribution in [0.25, 0.3) is 10.2 Å². The van der Waals surface area contributed by atoms with Crippen LogP contribution in [0.15, 0.2) is 24.3 Å². The lowest BCUT2D eigenvalue weighted by atomic mass is 9.75. The van der Waals surface area contributed by atoms with E-state index >= 15 is 0 Å². The van der Waals surface area contributed by atoms with Gasteiger partial charge in [-0.3, -0.25) is 14.5 Å². The van der Waals surface area contributed by atoms with Gasteiger partial charge in [0.05, 0.1) is 15.2 Å². The predicted molar refractivity (Wildman–Crippen MR) is 130 cm³/mol. The smallest absolute Gasteiger partial charge is 0.222 e. The lowest BCUT2D eigenvalue weighted by molar-refractivity contribution is -0.146. The Labute approximate surface area is 199 Å². The van der Waals surface area contributed by atoms with Crippen LogP contribution in [0, 0.1) is 11.8 Å². The molecule has 0 N–H and O–H groups in total. The van der Waals surface area contributed by atoms with Crippen LogP contribution in [0.5, 0.6) is 0 Å². The largest absolute Gasteiger partial charge is 0.343 e. The van der Waals surface area contributed by atoms with Crippen LogP contribution in [0.3, 0.4) is 0 Å². The molecule has 5 heterocycles. The number of benzene rings is 1. The maximum Gasteiger partial charge on any atom is 0.222 e. The summed E-state index contributed by atoms with van der Waals surface area (Å²) in [5.41, 5.74) is 1.04. The minimum atomic E-state index is 0.277. The molecule has 0 saturated carbocycles. The van der Waals surface area contributed by atoms with Crippen molar-refractivity contribution in [2.45, 2.75) is 63.5 Å². The molecule has 4 saturated heterocycles. The van der Waals surface area contributed by atoms with Crippen molar-refractivity contribution in [1.82, 2.24) is 19.7 Å². The van der Waals surface area contributed by atoms with Gasteiger partial charge in [-0.05, 0) is 56.1 Å². The van der Waals surface area contributed by atoms with Crippen LogP contribution in [0.4, 0.5) is 0 Å². The third kappa shape index (κ3) is 4.30. The van der Waals surface area contributed by atoms with Gasteiger partial charge in [0.15, 0.2) is 0 Å². The van der Waals surface area contributed by atoms with Crippen molar-refractivity contribution < 1.29 is 9.59 Å². The maximum atomic E-state index is 12.9. The first-order valence-corrected chi connectivity index (χ1v) is 13.6. The van der Waals surface area contributed by atoms with E-state index in [9.17, 15) is 9.59 Å². The Kier molecular flexibility index (Phi) is 5.87. The number of likely N-dealkylation sites (tertiary alicyclic amines) is 2. The van der Waals surface area contributed by atoms with Gasteiger partial charge < -0.3 is 9.80 Å². The number of fused-ring (bicyclic) bond motifs is 5. The van der Waals surface area contributed by atoms with Crippen molar-refractivity contribution in [3.63, 3.8) is 0 Å². The molecule has 3 atom stereocenters. The van der Waals surface area contributed by atoms with Crippen molar-refractivity contribution in [2.75, 3.05) is 32.7 Å². The van der Waals surface area contributed by atoms with Gasteiger partial charge >= 0.3 is 0 Å². The second kappa shape index (κ2) is 8.99. The number of aromatic nitrogens is 1. The van der Waals surface area contributed by atoms with Crippen LogP contribution in [0.2, 0.25) is 0 Å². The first kappa shape index (κ1) is 21.5. The van der Waals surface area contributed by atoms with Gasteiger partial charge in [-0.25, -0.2) is 4.98 Å². The highest BCUT2D eigenvalue weighted by Gasteiger charge is 2.45. The molecule has 33 heavy (non-hydrogen) atoms. The molecule has 6 nitrogen and oxygen atoms in total. The molecule has 0 radical (unpaired) electrons. The van der Waals surface area contributed by atoms with Crippen LogP contribution in [-0.4, -0.2) is 76.3 Å². The molecule has 4 aliphatic heterocycles. The zero-order valence-corrected chi connectivity index (χ0v) is 20.1. The van der Waals surface area contributed by atoms with Crippen molar-refractivity contribution in [3.8, 4) is 0 Å². The van der Waals surface area contributed by atoms with E-state index in [0.29, 0.717) is 36.2 Å². The number of carbonyl (C=O) groups excluding carboxylic acids is 2. The molecule has 7 heteroatoms. The summed E-state index contributed by atoms with van der Waals surface area (Å²) in [6.07, 6.45) is 7.78. The minimum Gasteiger partial charge on any atom is -0.343 e. The predicted octanol–water partition coefficient (Wildman–Crippen LogP) is 3.55. The minimum absolute atomic E-state index is 0.277. The number of nitrogens with zero attached hydrogens (tertiary/aromatic N) is 4. The number of thiazole rings is 1. The van der Waals surface area contributed by atoms with E-state index in [2.05, 4.69) is 25.8 Å². The molecule has 2 bridgehead atoms. The number of carbonyl (C=O) groups is 2. The highest BCUT2D eigenvalue weighted by molar-refractivity contribution is 7.18. The van der Waals surface area contributed by atoms with Gasteiger partial charge in [0.2, 0.25) is 11.8 Å². The first-order chi connectivity index (χ1) is 16.1. The quantitative estimate of drug-likeness (QED) is 0.692. The molecule has 0 unspecified atom stereocenters. The Balaban J connectivity index is 1.01. The molecule has 4 fully saturated rings.